The first-order valence-electron chi connectivity index (χ1n) is 10.7. The monoisotopic (exact) mass is 446 g/mol. The van der Waals surface area contributed by atoms with Crippen molar-refractivity contribution in [2.45, 2.75) is 63.6 Å². The van der Waals surface area contributed by atoms with Gasteiger partial charge in [-0.3, -0.25) is 0 Å². The second kappa shape index (κ2) is 11.3. The van der Waals surface area contributed by atoms with E-state index >= 15 is 0 Å². The van der Waals surface area contributed by atoms with Crippen LogP contribution in [0.1, 0.15) is 11.1 Å². The Bertz CT molecular complexity index is 765. The third-order valence-electron chi connectivity index (χ3n) is 5.02. The van der Waals surface area contributed by atoms with Crippen LogP contribution in [0.5, 0.6) is 0 Å². The van der Waals surface area contributed by atoms with E-state index in [1.165, 1.54) is 0 Å². The zero-order chi connectivity index (χ0) is 22.3. The minimum Gasteiger partial charge on any atom is -0.409 e. The van der Waals surface area contributed by atoms with Gasteiger partial charge < -0.3 is 28.5 Å². The predicted molar refractivity (Wildman–Crippen MR) is 121 cm³/mol. The molecule has 0 spiro atoms. The molecule has 2 aromatic rings. The van der Waals surface area contributed by atoms with E-state index in [2.05, 4.69) is 19.6 Å². The summed E-state index contributed by atoms with van der Waals surface area (Å²) in [5, 5.41) is 11.2. The maximum Gasteiger partial charge on any atom is 0.186 e. The normalized spacial score (nSPS) is 26.7. The average molecular weight is 447 g/mol. The lowest BCUT2D eigenvalue weighted by molar-refractivity contribution is -0.304. The van der Waals surface area contributed by atoms with Crippen molar-refractivity contribution < 1.29 is 28.5 Å². The smallest absolute Gasteiger partial charge is 0.186 e. The first kappa shape index (κ1) is 24.1. The fourth-order valence-corrected chi connectivity index (χ4v) is 4.69. The number of methoxy groups -OCH3 is 1. The van der Waals surface area contributed by atoms with Crippen molar-refractivity contribution >= 4 is 8.32 Å². The first-order chi connectivity index (χ1) is 14.9. The van der Waals surface area contributed by atoms with Crippen LogP contribution in [0.4, 0.5) is 0 Å². The van der Waals surface area contributed by atoms with Crippen molar-refractivity contribution in [1.82, 2.24) is 0 Å². The molecule has 0 radical (unpaired) electrons. The third kappa shape index (κ3) is 7.22. The lowest BCUT2D eigenvalue weighted by atomic mass is 9.99. The van der Waals surface area contributed by atoms with Crippen LogP contribution in [0.2, 0.25) is 19.6 Å². The minimum absolute atomic E-state index is 0.284. The van der Waals surface area contributed by atoms with Crippen molar-refractivity contribution in [3.8, 4) is 0 Å². The molecule has 31 heavy (non-hydrogen) atoms. The fourth-order valence-electron chi connectivity index (χ4n) is 3.58. The summed E-state index contributed by atoms with van der Waals surface area (Å²) in [6, 6.07) is 19.8. The van der Waals surface area contributed by atoms with Crippen LogP contribution < -0.4 is 0 Å². The summed E-state index contributed by atoms with van der Waals surface area (Å²) in [6.45, 7) is 7.35. The van der Waals surface area contributed by atoms with Gasteiger partial charge in [-0.2, -0.15) is 0 Å². The lowest BCUT2D eigenvalue weighted by Gasteiger charge is -2.45. The molecule has 2 aromatic carbocycles. The number of hydrogen-bond acceptors (Lipinski definition) is 6. The number of aliphatic hydroxyl groups excluding tert-OH is 1. The van der Waals surface area contributed by atoms with Gasteiger partial charge in [-0.25, -0.2) is 0 Å². The molecule has 7 heteroatoms. The highest BCUT2D eigenvalue weighted by molar-refractivity contribution is 6.69. The molecule has 1 saturated heterocycles. The summed E-state index contributed by atoms with van der Waals surface area (Å²) in [6.07, 6.45) is -3.32. The maximum absolute atomic E-state index is 11.2. The van der Waals surface area contributed by atoms with Gasteiger partial charge in [0.05, 0.1) is 19.8 Å². The largest absolute Gasteiger partial charge is 0.409 e. The van der Waals surface area contributed by atoms with Crippen molar-refractivity contribution in [3.05, 3.63) is 71.8 Å². The number of aliphatic hydroxyl groups is 1. The Kier molecular flexibility index (Phi) is 8.80. The Morgan fingerprint density at radius 1 is 0.871 bits per heavy atom. The summed E-state index contributed by atoms with van der Waals surface area (Å²) in [7, 11) is -0.419. The molecule has 0 amide bonds. The minimum atomic E-state index is -1.97. The molecule has 5 atom stereocenters. The van der Waals surface area contributed by atoms with Gasteiger partial charge in [0, 0.05) is 7.11 Å². The van der Waals surface area contributed by atoms with E-state index in [1.54, 1.807) is 7.11 Å². The molecule has 1 aliphatic rings. The van der Waals surface area contributed by atoms with Gasteiger partial charge in [0.15, 0.2) is 14.6 Å². The quantitative estimate of drug-likeness (QED) is 0.561. The van der Waals surface area contributed by atoms with Gasteiger partial charge in [-0.05, 0) is 30.8 Å². The SMILES string of the molecule is CO[C@H]1OC(COCc2ccccc2)C(O[Si](C)(C)C)C(O)C1OCc1ccccc1. The molecule has 3 rings (SSSR count). The van der Waals surface area contributed by atoms with Crippen molar-refractivity contribution in [3.63, 3.8) is 0 Å². The molecule has 4 unspecified atom stereocenters. The molecule has 0 aliphatic carbocycles. The summed E-state index contributed by atoms with van der Waals surface area (Å²) < 4.78 is 30.0. The number of rotatable bonds is 10. The highest BCUT2D eigenvalue weighted by Crippen LogP contribution is 2.29. The average Bonchev–Trinajstić information content (AvgIpc) is 2.76. The van der Waals surface area contributed by atoms with Gasteiger partial charge in [0.25, 0.3) is 0 Å². The zero-order valence-electron chi connectivity index (χ0n) is 18.8. The molecule has 1 heterocycles. The molecule has 1 aliphatic heterocycles. The Balaban J connectivity index is 1.68. The first-order valence-corrected chi connectivity index (χ1v) is 14.1. The highest BCUT2D eigenvalue weighted by Gasteiger charge is 2.48. The molecular formula is C24H34O6Si. The van der Waals surface area contributed by atoms with Crippen LogP contribution >= 0.6 is 0 Å². The van der Waals surface area contributed by atoms with Gasteiger partial charge in [0.2, 0.25) is 0 Å². The van der Waals surface area contributed by atoms with Gasteiger partial charge >= 0.3 is 0 Å². The maximum atomic E-state index is 11.2. The van der Waals surface area contributed by atoms with Crippen LogP contribution in [0.15, 0.2) is 60.7 Å². The van der Waals surface area contributed by atoms with Crippen molar-refractivity contribution in [2.24, 2.45) is 0 Å². The van der Waals surface area contributed by atoms with Crippen LogP contribution in [-0.4, -0.2) is 57.8 Å². The Hall–Kier alpha value is -1.58. The summed E-state index contributed by atoms with van der Waals surface area (Å²) >= 11 is 0. The van der Waals surface area contributed by atoms with E-state index in [1.807, 2.05) is 60.7 Å². The molecular weight excluding hydrogens is 412 g/mol. The van der Waals surface area contributed by atoms with Crippen molar-refractivity contribution in [2.75, 3.05) is 13.7 Å². The van der Waals surface area contributed by atoms with Gasteiger partial charge in [-0.15, -0.1) is 0 Å². The van der Waals surface area contributed by atoms with E-state index in [0.29, 0.717) is 13.2 Å². The molecule has 170 valence electrons. The second-order valence-electron chi connectivity index (χ2n) is 8.73. The van der Waals surface area contributed by atoms with E-state index in [0.717, 1.165) is 11.1 Å². The Morgan fingerprint density at radius 3 is 2.00 bits per heavy atom. The zero-order valence-corrected chi connectivity index (χ0v) is 19.8. The number of benzene rings is 2. The number of hydrogen-bond donors (Lipinski definition) is 1. The van der Waals surface area contributed by atoms with Crippen LogP contribution in [0.25, 0.3) is 0 Å². The molecule has 1 N–H and O–H groups in total. The van der Waals surface area contributed by atoms with Crippen LogP contribution in [0, 0.1) is 0 Å². The van der Waals surface area contributed by atoms with Crippen molar-refractivity contribution in [1.29, 1.82) is 0 Å². The van der Waals surface area contributed by atoms with E-state index in [4.69, 9.17) is 23.4 Å². The second-order valence-corrected chi connectivity index (χ2v) is 13.2. The Labute approximate surface area is 186 Å². The summed E-state index contributed by atoms with van der Waals surface area (Å²) in [5.41, 5.74) is 2.09. The summed E-state index contributed by atoms with van der Waals surface area (Å²) in [5.74, 6) is 0. The van der Waals surface area contributed by atoms with Crippen LogP contribution in [0.3, 0.4) is 0 Å². The van der Waals surface area contributed by atoms with Gasteiger partial charge in [0.1, 0.15) is 24.4 Å². The van der Waals surface area contributed by atoms with E-state index < -0.39 is 39.0 Å². The van der Waals surface area contributed by atoms with E-state index in [-0.39, 0.29) is 6.61 Å². The number of ether oxygens (including phenoxy) is 4. The summed E-state index contributed by atoms with van der Waals surface area (Å²) in [4.78, 5) is 0. The molecule has 0 saturated carbocycles. The van der Waals surface area contributed by atoms with E-state index in [9.17, 15) is 5.11 Å². The fraction of sp³-hybridized carbons (Fsp3) is 0.500. The molecule has 0 bridgehead atoms. The molecule has 1 fully saturated rings. The predicted octanol–water partition coefficient (Wildman–Crippen LogP) is 3.74. The lowest BCUT2D eigenvalue weighted by Crippen LogP contribution is -2.62. The standard InChI is InChI=1S/C24H34O6Si/c1-26-24-23(28-16-19-13-9-6-10-14-19)21(25)22(30-31(2,3)4)20(29-24)17-27-15-18-11-7-5-8-12-18/h5-14,20-25H,15-17H2,1-4H3/t20?,21?,22?,23?,24-/m0/s1. The highest BCUT2D eigenvalue weighted by atomic mass is 28.4. The molecule has 6 nitrogen and oxygen atoms in total. The molecule has 0 aromatic heterocycles. The third-order valence-corrected chi connectivity index (χ3v) is 6.00. The van der Waals surface area contributed by atoms with Gasteiger partial charge in [-0.1, -0.05) is 60.7 Å². The topological polar surface area (TPSA) is 66.4 Å². The Morgan fingerprint density at radius 2 is 1.45 bits per heavy atom. The van der Waals surface area contributed by atoms with Crippen LogP contribution in [-0.2, 0) is 36.6 Å².